The second-order valence-corrected chi connectivity index (χ2v) is 4.12. The van der Waals surface area contributed by atoms with Crippen LogP contribution in [-0.4, -0.2) is 47.0 Å². The molecule has 0 unspecified atom stereocenters. The summed E-state index contributed by atoms with van der Waals surface area (Å²) < 4.78 is 0. The summed E-state index contributed by atoms with van der Waals surface area (Å²) >= 11 is 1.13. The maximum absolute atomic E-state index is 11.4. The fourth-order valence-electron chi connectivity index (χ4n) is 0.933. The van der Waals surface area contributed by atoms with Crippen molar-refractivity contribution < 1.29 is 14.7 Å². The summed E-state index contributed by atoms with van der Waals surface area (Å²) in [5.74, 6) is -0.698. The van der Waals surface area contributed by atoms with E-state index in [1.54, 1.807) is 11.9 Å². The third-order valence-corrected chi connectivity index (χ3v) is 2.68. The molecule has 5 heteroatoms. The van der Waals surface area contributed by atoms with Gasteiger partial charge in [-0.3, -0.25) is 9.59 Å². The number of rotatable bonds is 8. The van der Waals surface area contributed by atoms with Crippen molar-refractivity contribution in [2.45, 2.75) is 12.8 Å². The number of thioether (sulfide) groups is 1. The highest BCUT2D eigenvalue weighted by molar-refractivity contribution is 8.00. The molecule has 0 aliphatic heterocycles. The topological polar surface area (TPSA) is 57.6 Å². The van der Waals surface area contributed by atoms with Gasteiger partial charge in [-0.2, -0.15) is 0 Å². The number of carbonyl (C=O) groups excluding carboxylic acids is 1. The Labute approximate surface area is 94.3 Å². The molecule has 0 rings (SSSR count). The number of aliphatic carboxylic acids is 1. The van der Waals surface area contributed by atoms with Crippen LogP contribution in [0.5, 0.6) is 0 Å². The van der Waals surface area contributed by atoms with Crippen LogP contribution in [0.1, 0.15) is 12.8 Å². The maximum Gasteiger partial charge on any atom is 0.313 e. The molecule has 0 saturated heterocycles. The molecule has 0 atom stereocenters. The molecule has 0 fully saturated rings. The molecule has 0 aromatic rings. The van der Waals surface area contributed by atoms with E-state index in [0.717, 1.165) is 24.6 Å². The molecule has 1 N–H and O–H groups in total. The van der Waals surface area contributed by atoms with Gasteiger partial charge in [0.1, 0.15) is 0 Å². The van der Waals surface area contributed by atoms with E-state index in [4.69, 9.17) is 5.11 Å². The van der Waals surface area contributed by atoms with Gasteiger partial charge >= 0.3 is 5.97 Å². The van der Waals surface area contributed by atoms with E-state index in [1.807, 2.05) is 6.08 Å². The van der Waals surface area contributed by atoms with E-state index in [2.05, 4.69) is 6.58 Å². The van der Waals surface area contributed by atoms with Crippen LogP contribution in [-0.2, 0) is 9.59 Å². The average molecular weight is 231 g/mol. The molecule has 0 aromatic heterocycles. The SMILES string of the molecule is C=CCCCN(C)C(=O)CSCC(=O)O. The van der Waals surface area contributed by atoms with E-state index in [1.165, 1.54) is 0 Å². The van der Waals surface area contributed by atoms with Crippen LogP contribution in [0.15, 0.2) is 12.7 Å². The molecule has 4 nitrogen and oxygen atoms in total. The lowest BCUT2D eigenvalue weighted by Crippen LogP contribution is -2.29. The van der Waals surface area contributed by atoms with Gasteiger partial charge < -0.3 is 10.0 Å². The monoisotopic (exact) mass is 231 g/mol. The van der Waals surface area contributed by atoms with Gasteiger partial charge in [0.05, 0.1) is 11.5 Å². The summed E-state index contributed by atoms with van der Waals surface area (Å²) in [6.45, 7) is 4.29. The van der Waals surface area contributed by atoms with E-state index in [-0.39, 0.29) is 17.4 Å². The maximum atomic E-state index is 11.4. The Hall–Kier alpha value is -0.970. The molecule has 0 bridgehead atoms. The Bertz CT molecular complexity index is 231. The van der Waals surface area contributed by atoms with E-state index in [0.29, 0.717) is 6.54 Å². The van der Waals surface area contributed by atoms with Crippen molar-refractivity contribution in [2.24, 2.45) is 0 Å². The number of carboxylic acids is 1. The number of hydrogen-bond acceptors (Lipinski definition) is 3. The lowest BCUT2D eigenvalue weighted by Gasteiger charge is -2.15. The van der Waals surface area contributed by atoms with Crippen molar-refractivity contribution in [3.05, 3.63) is 12.7 Å². The molecule has 0 heterocycles. The normalized spacial score (nSPS) is 9.67. The smallest absolute Gasteiger partial charge is 0.313 e. The number of nitrogens with zero attached hydrogens (tertiary/aromatic N) is 1. The van der Waals surface area contributed by atoms with Gasteiger partial charge in [0.15, 0.2) is 0 Å². The van der Waals surface area contributed by atoms with Crippen molar-refractivity contribution in [3.8, 4) is 0 Å². The molecule has 86 valence electrons. The summed E-state index contributed by atoms with van der Waals surface area (Å²) in [4.78, 5) is 23.2. The Morgan fingerprint density at radius 3 is 2.67 bits per heavy atom. The van der Waals surface area contributed by atoms with E-state index in [9.17, 15) is 9.59 Å². The van der Waals surface area contributed by atoms with Crippen LogP contribution >= 0.6 is 11.8 Å². The quantitative estimate of drug-likeness (QED) is 0.504. The minimum absolute atomic E-state index is 0.0216. The predicted molar refractivity (Wildman–Crippen MR) is 62.0 cm³/mol. The van der Waals surface area contributed by atoms with E-state index >= 15 is 0 Å². The Kier molecular flexibility index (Phi) is 7.81. The first-order valence-electron chi connectivity index (χ1n) is 4.72. The summed E-state index contributed by atoms with van der Waals surface area (Å²) in [6.07, 6.45) is 3.60. The molecule has 0 aliphatic rings. The number of hydrogen-bond donors (Lipinski definition) is 1. The summed E-state index contributed by atoms with van der Waals surface area (Å²) in [6, 6.07) is 0. The third-order valence-electron chi connectivity index (χ3n) is 1.78. The Morgan fingerprint density at radius 1 is 1.47 bits per heavy atom. The second kappa shape index (κ2) is 8.35. The van der Waals surface area contributed by atoms with Crippen LogP contribution in [0, 0.1) is 0 Å². The van der Waals surface area contributed by atoms with E-state index < -0.39 is 5.97 Å². The summed E-state index contributed by atoms with van der Waals surface area (Å²) in [5.41, 5.74) is 0. The molecule has 0 aromatic carbocycles. The van der Waals surface area contributed by atoms with Crippen molar-refractivity contribution in [1.82, 2.24) is 4.90 Å². The van der Waals surface area contributed by atoms with Crippen molar-refractivity contribution in [2.75, 3.05) is 25.1 Å². The average Bonchev–Trinajstić information content (AvgIpc) is 2.17. The van der Waals surface area contributed by atoms with Crippen LogP contribution < -0.4 is 0 Å². The molecular formula is C10H17NO3S. The van der Waals surface area contributed by atoms with Crippen molar-refractivity contribution in [1.29, 1.82) is 0 Å². The number of amides is 1. The molecule has 1 amide bonds. The largest absolute Gasteiger partial charge is 0.481 e. The fourth-order valence-corrected chi connectivity index (χ4v) is 1.61. The lowest BCUT2D eigenvalue weighted by molar-refractivity contribution is -0.133. The minimum atomic E-state index is -0.887. The molecule has 0 aliphatic carbocycles. The zero-order chi connectivity index (χ0) is 11.7. The second-order valence-electron chi connectivity index (χ2n) is 3.13. The molecule has 0 saturated carbocycles. The van der Waals surface area contributed by atoms with Crippen LogP contribution in [0.25, 0.3) is 0 Å². The lowest BCUT2D eigenvalue weighted by atomic mass is 10.3. The molecule has 0 spiro atoms. The van der Waals surface area contributed by atoms with Crippen molar-refractivity contribution in [3.63, 3.8) is 0 Å². The summed E-state index contributed by atoms with van der Waals surface area (Å²) in [5, 5.41) is 8.38. The first-order valence-corrected chi connectivity index (χ1v) is 5.87. The minimum Gasteiger partial charge on any atom is -0.481 e. The zero-order valence-electron chi connectivity index (χ0n) is 8.94. The fraction of sp³-hybridized carbons (Fsp3) is 0.600. The van der Waals surface area contributed by atoms with Gasteiger partial charge in [-0.05, 0) is 12.8 Å². The van der Waals surface area contributed by atoms with Crippen molar-refractivity contribution >= 4 is 23.6 Å². The van der Waals surface area contributed by atoms with Gasteiger partial charge in [-0.15, -0.1) is 18.3 Å². The van der Waals surface area contributed by atoms with Gasteiger partial charge in [-0.25, -0.2) is 0 Å². The number of carbonyl (C=O) groups is 2. The van der Waals surface area contributed by atoms with Gasteiger partial charge in [0.2, 0.25) is 5.91 Å². The highest BCUT2D eigenvalue weighted by Gasteiger charge is 2.08. The highest BCUT2D eigenvalue weighted by atomic mass is 32.2. The first kappa shape index (κ1) is 14.0. The molecule has 15 heavy (non-hydrogen) atoms. The number of carboxylic acid groups (broad SMARTS) is 1. The first-order chi connectivity index (χ1) is 7.07. The predicted octanol–water partition coefficient (Wildman–Crippen LogP) is 1.23. The zero-order valence-corrected chi connectivity index (χ0v) is 9.76. The van der Waals surface area contributed by atoms with Gasteiger partial charge in [0, 0.05) is 13.6 Å². The third kappa shape index (κ3) is 8.05. The molecule has 0 radical (unpaired) electrons. The van der Waals surface area contributed by atoms with Gasteiger partial charge in [0.25, 0.3) is 0 Å². The van der Waals surface area contributed by atoms with Crippen LogP contribution in [0.3, 0.4) is 0 Å². The number of unbranched alkanes of at least 4 members (excludes halogenated alkanes) is 1. The van der Waals surface area contributed by atoms with Gasteiger partial charge in [-0.1, -0.05) is 6.08 Å². The number of allylic oxidation sites excluding steroid dienone is 1. The Morgan fingerprint density at radius 2 is 2.13 bits per heavy atom. The van der Waals surface area contributed by atoms with Crippen LogP contribution in [0.4, 0.5) is 0 Å². The highest BCUT2D eigenvalue weighted by Crippen LogP contribution is 2.02. The molecular weight excluding hydrogens is 214 g/mol. The van der Waals surface area contributed by atoms with Crippen LogP contribution in [0.2, 0.25) is 0 Å². The Balaban J connectivity index is 3.59. The summed E-state index contributed by atoms with van der Waals surface area (Å²) in [7, 11) is 1.73. The standard InChI is InChI=1S/C10H17NO3S/c1-3-4-5-6-11(2)9(12)7-15-8-10(13)14/h3H,1,4-8H2,2H3,(H,13,14).